The minimum atomic E-state index is 0.239. The molecule has 0 spiro atoms. The number of nitrogens with zero attached hydrogens (tertiary/aromatic N) is 1. The number of aryl methyl sites for hydroxylation is 1. The highest BCUT2D eigenvalue weighted by molar-refractivity contribution is 5.69. The van der Waals surface area contributed by atoms with E-state index in [2.05, 4.69) is 10.2 Å². The molecule has 0 aliphatic heterocycles. The van der Waals surface area contributed by atoms with E-state index in [0.717, 1.165) is 28.1 Å². The summed E-state index contributed by atoms with van der Waals surface area (Å²) in [5, 5.41) is 26.1. The molecule has 4 nitrogen and oxygen atoms in total. The van der Waals surface area contributed by atoms with Gasteiger partial charge in [0.05, 0.1) is 11.4 Å². The van der Waals surface area contributed by atoms with Gasteiger partial charge in [0.2, 0.25) is 0 Å². The molecule has 4 heteroatoms. The Morgan fingerprint density at radius 1 is 0.900 bits per heavy atom. The minimum Gasteiger partial charge on any atom is -0.508 e. The van der Waals surface area contributed by atoms with Crippen LogP contribution in [0.5, 0.6) is 11.5 Å². The molecule has 3 aromatic rings. The molecule has 0 radical (unpaired) electrons. The Morgan fingerprint density at radius 2 is 1.60 bits per heavy atom. The number of H-pyrrole nitrogens is 1. The molecular weight excluding hydrogens is 252 g/mol. The van der Waals surface area contributed by atoms with E-state index in [9.17, 15) is 10.2 Å². The molecule has 20 heavy (non-hydrogen) atoms. The standard InChI is InChI=1S/C16H14N2O2/c1-10-8-12(4-7-16(10)20)15-9-14(17-18-15)11-2-5-13(19)6-3-11/h2-9,19-20H,1H3,(H,17,18). The van der Waals surface area contributed by atoms with Crippen LogP contribution >= 0.6 is 0 Å². The Balaban J connectivity index is 1.97. The van der Waals surface area contributed by atoms with Crippen LogP contribution < -0.4 is 0 Å². The number of rotatable bonds is 2. The van der Waals surface area contributed by atoms with E-state index in [1.165, 1.54) is 0 Å². The Bertz CT molecular complexity index is 745. The van der Waals surface area contributed by atoms with Gasteiger partial charge in [0.25, 0.3) is 0 Å². The highest BCUT2D eigenvalue weighted by Gasteiger charge is 2.07. The highest BCUT2D eigenvalue weighted by atomic mass is 16.3. The van der Waals surface area contributed by atoms with Gasteiger partial charge in [-0.25, -0.2) is 0 Å². The third-order valence-corrected chi connectivity index (χ3v) is 3.25. The number of phenolic OH excluding ortho intramolecular Hbond substituents is 2. The molecule has 0 bridgehead atoms. The molecule has 0 saturated carbocycles. The lowest BCUT2D eigenvalue weighted by atomic mass is 10.1. The average molecular weight is 266 g/mol. The van der Waals surface area contributed by atoms with Crippen LogP contribution in [0.1, 0.15) is 5.56 Å². The van der Waals surface area contributed by atoms with Crippen LogP contribution in [-0.2, 0) is 0 Å². The van der Waals surface area contributed by atoms with Gasteiger partial charge in [0.1, 0.15) is 11.5 Å². The number of hydrogen-bond acceptors (Lipinski definition) is 3. The van der Waals surface area contributed by atoms with Gasteiger partial charge >= 0.3 is 0 Å². The van der Waals surface area contributed by atoms with Crippen LogP contribution in [0.25, 0.3) is 22.5 Å². The Hall–Kier alpha value is -2.75. The molecule has 1 heterocycles. The zero-order valence-electron chi connectivity index (χ0n) is 11.0. The van der Waals surface area contributed by atoms with Crippen LogP contribution in [-0.4, -0.2) is 20.4 Å². The zero-order valence-corrected chi connectivity index (χ0v) is 11.0. The van der Waals surface area contributed by atoms with Crippen molar-refractivity contribution in [2.24, 2.45) is 0 Å². The van der Waals surface area contributed by atoms with Crippen molar-refractivity contribution >= 4 is 0 Å². The van der Waals surface area contributed by atoms with E-state index >= 15 is 0 Å². The summed E-state index contributed by atoms with van der Waals surface area (Å²) in [6, 6.07) is 14.3. The summed E-state index contributed by atoms with van der Waals surface area (Å²) >= 11 is 0. The minimum absolute atomic E-state index is 0.239. The van der Waals surface area contributed by atoms with Gasteiger partial charge in [-0.2, -0.15) is 5.10 Å². The number of hydrogen-bond donors (Lipinski definition) is 3. The smallest absolute Gasteiger partial charge is 0.118 e. The largest absolute Gasteiger partial charge is 0.508 e. The number of aromatic amines is 1. The third kappa shape index (κ3) is 2.23. The molecule has 0 fully saturated rings. The molecule has 1 aromatic heterocycles. The van der Waals surface area contributed by atoms with E-state index in [0.29, 0.717) is 0 Å². The van der Waals surface area contributed by atoms with Gasteiger partial charge in [-0.3, -0.25) is 5.10 Å². The first-order chi connectivity index (χ1) is 9.63. The van der Waals surface area contributed by atoms with Crippen LogP contribution in [0.4, 0.5) is 0 Å². The maximum Gasteiger partial charge on any atom is 0.118 e. The van der Waals surface area contributed by atoms with Crippen molar-refractivity contribution in [1.29, 1.82) is 0 Å². The molecule has 3 rings (SSSR count). The molecule has 0 saturated heterocycles. The van der Waals surface area contributed by atoms with Crippen LogP contribution in [0.3, 0.4) is 0 Å². The molecule has 0 amide bonds. The maximum absolute atomic E-state index is 9.55. The third-order valence-electron chi connectivity index (χ3n) is 3.25. The van der Waals surface area contributed by atoms with E-state index < -0.39 is 0 Å². The molecule has 0 atom stereocenters. The van der Waals surface area contributed by atoms with Gasteiger partial charge in [0, 0.05) is 5.56 Å². The van der Waals surface area contributed by atoms with Crippen molar-refractivity contribution < 1.29 is 10.2 Å². The zero-order chi connectivity index (χ0) is 14.1. The second-order valence-electron chi connectivity index (χ2n) is 4.71. The van der Waals surface area contributed by atoms with E-state index in [4.69, 9.17) is 0 Å². The predicted molar refractivity (Wildman–Crippen MR) is 77.5 cm³/mol. The molecule has 0 unspecified atom stereocenters. The number of phenols is 2. The Labute approximate surface area is 116 Å². The summed E-state index contributed by atoms with van der Waals surface area (Å²) in [7, 11) is 0. The molecule has 0 aliphatic carbocycles. The lowest BCUT2D eigenvalue weighted by Crippen LogP contribution is -1.80. The van der Waals surface area contributed by atoms with Crippen molar-refractivity contribution in [1.82, 2.24) is 10.2 Å². The normalized spacial score (nSPS) is 10.7. The maximum atomic E-state index is 9.55. The molecule has 2 aromatic carbocycles. The average Bonchev–Trinajstić information content (AvgIpc) is 2.92. The van der Waals surface area contributed by atoms with E-state index in [-0.39, 0.29) is 11.5 Å². The van der Waals surface area contributed by atoms with Crippen molar-refractivity contribution in [2.45, 2.75) is 6.92 Å². The number of nitrogens with one attached hydrogen (secondary N) is 1. The van der Waals surface area contributed by atoms with Gasteiger partial charge in [-0.05, 0) is 66.6 Å². The topological polar surface area (TPSA) is 69.1 Å². The van der Waals surface area contributed by atoms with E-state index in [1.54, 1.807) is 18.2 Å². The lowest BCUT2D eigenvalue weighted by molar-refractivity contribution is 0.471. The monoisotopic (exact) mass is 266 g/mol. The van der Waals surface area contributed by atoms with Crippen molar-refractivity contribution in [3.8, 4) is 34.0 Å². The van der Waals surface area contributed by atoms with Gasteiger partial charge in [-0.1, -0.05) is 0 Å². The first-order valence-corrected chi connectivity index (χ1v) is 6.28. The molecule has 0 aliphatic rings. The fourth-order valence-electron chi connectivity index (χ4n) is 2.07. The second kappa shape index (κ2) is 4.74. The summed E-state index contributed by atoms with van der Waals surface area (Å²) < 4.78 is 0. The molecular formula is C16H14N2O2. The summed E-state index contributed by atoms with van der Waals surface area (Å²) in [4.78, 5) is 0. The van der Waals surface area contributed by atoms with E-state index in [1.807, 2.05) is 37.3 Å². The number of aromatic hydroxyl groups is 2. The molecule has 100 valence electrons. The number of aromatic nitrogens is 2. The van der Waals surface area contributed by atoms with Gasteiger partial charge in [-0.15, -0.1) is 0 Å². The summed E-state index contributed by atoms with van der Waals surface area (Å²) in [6.07, 6.45) is 0. The summed E-state index contributed by atoms with van der Waals surface area (Å²) in [6.45, 7) is 1.85. The van der Waals surface area contributed by atoms with Crippen molar-refractivity contribution in [3.05, 3.63) is 54.1 Å². The Morgan fingerprint density at radius 3 is 2.30 bits per heavy atom. The van der Waals surface area contributed by atoms with Crippen LogP contribution in [0.15, 0.2) is 48.5 Å². The quantitative estimate of drug-likeness (QED) is 0.665. The summed E-state index contributed by atoms with van der Waals surface area (Å²) in [5.74, 6) is 0.519. The highest BCUT2D eigenvalue weighted by Crippen LogP contribution is 2.27. The Kier molecular flexibility index (Phi) is 2.91. The summed E-state index contributed by atoms with van der Waals surface area (Å²) in [5.41, 5.74) is 4.41. The van der Waals surface area contributed by atoms with Crippen molar-refractivity contribution in [2.75, 3.05) is 0 Å². The molecule has 3 N–H and O–H groups in total. The first-order valence-electron chi connectivity index (χ1n) is 6.28. The fourth-order valence-corrected chi connectivity index (χ4v) is 2.07. The van der Waals surface area contributed by atoms with Crippen molar-refractivity contribution in [3.63, 3.8) is 0 Å². The fraction of sp³-hybridized carbons (Fsp3) is 0.0625. The van der Waals surface area contributed by atoms with Gasteiger partial charge in [0.15, 0.2) is 0 Å². The SMILES string of the molecule is Cc1cc(-c2cc(-c3ccc(O)cc3)[nH]n2)ccc1O. The van der Waals surface area contributed by atoms with Crippen LogP contribution in [0, 0.1) is 6.92 Å². The lowest BCUT2D eigenvalue weighted by Gasteiger charge is -2.00. The van der Waals surface area contributed by atoms with Crippen LogP contribution in [0.2, 0.25) is 0 Å². The van der Waals surface area contributed by atoms with Gasteiger partial charge < -0.3 is 10.2 Å². The second-order valence-corrected chi connectivity index (χ2v) is 4.71. The first kappa shape index (κ1) is 12.3. The predicted octanol–water partition coefficient (Wildman–Crippen LogP) is 3.46. The number of benzene rings is 2.